The second-order valence-corrected chi connectivity index (χ2v) is 4.64. The molecule has 0 aliphatic carbocycles. The van der Waals surface area contributed by atoms with Crippen LogP contribution in [0.2, 0.25) is 0 Å². The van der Waals surface area contributed by atoms with Crippen molar-refractivity contribution in [2.45, 2.75) is 31.1 Å². The fraction of sp³-hybridized carbons (Fsp3) is 0.600. The maximum Gasteiger partial charge on any atom is 0.351 e. The van der Waals surface area contributed by atoms with E-state index in [0.717, 1.165) is 4.57 Å². The van der Waals surface area contributed by atoms with Crippen molar-refractivity contribution in [3.05, 3.63) is 32.7 Å². The van der Waals surface area contributed by atoms with Crippen molar-refractivity contribution in [1.29, 1.82) is 0 Å². The molecule has 1 saturated heterocycles. The summed E-state index contributed by atoms with van der Waals surface area (Å²) in [5.74, 6) is 0.0211. The van der Waals surface area contributed by atoms with E-state index in [2.05, 4.69) is 15.0 Å². The lowest BCUT2D eigenvalue weighted by molar-refractivity contribution is -0.125. The molecule has 114 valence electrons. The van der Waals surface area contributed by atoms with Crippen LogP contribution >= 0.6 is 0 Å². The van der Waals surface area contributed by atoms with Gasteiger partial charge in [0.1, 0.15) is 18.0 Å². The lowest BCUT2D eigenvalue weighted by atomic mass is 10.1. The largest absolute Gasteiger partial charge is 0.393 e. The number of nitrogen functional groups attached to an aromatic ring is 1. The molecule has 1 aliphatic heterocycles. The van der Waals surface area contributed by atoms with E-state index in [4.69, 9.17) is 16.0 Å². The third-order valence-corrected chi connectivity index (χ3v) is 3.29. The van der Waals surface area contributed by atoms with Gasteiger partial charge in [0.05, 0.1) is 6.61 Å². The number of anilines is 1. The summed E-state index contributed by atoms with van der Waals surface area (Å²) < 4.78 is 6.14. The van der Waals surface area contributed by atoms with E-state index in [1.54, 1.807) is 6.92 Å². The number of hydrogen-bond acceptors (Lipinski definition) is 8. The van der Waals surface area contributed by atoms with Gasteiger partial charge in [-0.1, -0.05) is 5.11 Å². The summed E-state index contributed by atoms with van der Waals surface area (Å²) in [5, 5.41) is 32.4. The number of ether oxygens (including phenoxy) is 1. The Morgan fingerprint density at radius 1 is 1.67 bits per heavy atom. The van der Waals surface area contributed by atoms with Crippen LogP contribution in [0.1, 0.15) is 11.8 Å². The van der Waals surface area contributed by atoms with E-state index < -0.39 is 36.5 Å². The molecular formula is C10H14N6O5. The standard InChI is InChI=1S/C10H14N6O5/c1-4-2-16(9(20)13-7(4)11)8-5(18)6(19)10(3-17,21-8)14-15-12/h2,5-6,8,17-19H,3H2,1H3,(H2,11,13,20)/t5-,6+,8-,10-/m1/s1. The number of hydrogen-bond donors (Lipinski definition) is 4. The van der Waals surface area contributed by atoms with Gasteiger partial charge in [0.15, 0.2) is 6.23 Å². The molecule has 1 aromatic rings. The highest BCUT2D eigenvalue weighted by atomic mass is 16.6. The summed E-state index contributed by atoms with van der Waals surface area (Å²) in [7, 11) is 0. The highest BCUT2D eigenvalue weighted by Crippen LogP contribution is 2.37. The first-order chi connectivity index (χ1) is 9.86. The Kier molecular flexibility index (Phi) is 3.85. The minimum Gasteiger partial charge on any atom is -0.393 e. The first kappa shape index (κ1) is 15.2. The Labute approximate surface area is 117 Å². The topological polar surface area (TPSA) is 180 Å². The lowest BCUT2D eigenvalue weighted by Crippen LogP contribution is -2.44. The molecule has 0 saturated carbocycles. The summed E-state index contributed by atoms with van der Waals surface area (Å²) >= 11 is 0. The lowest BCUT2D eigenvalue weighted by Gasteiger charge is -2.23. The van der Waals surface area contributed by atoms with Gasteiger partial charge in [-0.25, -0.2) is 4.79 Å². The smallest absolute Gasteiger partial charge is 0.351 e. The van der Waals surface area contributed by atoms with E-state index >= 15 is 0 Å². The van der Waals surface area contributed by atoms with Crippen LogP contribution in [0.4, 0.5) is 5.82 Å². The number of nitrogens with two attached hydrogens (primary N) is 1. The second kappa shape index (κ2) is 5.31. The third kappa shape index (κ3) is 2.33. The fourth-order valence-electron chi connectivity index (χ4n) is 2.07. The molecule has 1 aliphatic rings. The Morgan fingerprint density at radius 2 is 2.33 bits per heavy atom. The second-order valence-electron chi connectivity index (χ2n) is 4.64. The van der Waals surface area contributed by atoms with Crippen molar-refractivity contribution >= 4 is 5.82 Å². The van der Waals surface area contributed by atoms with Crippen molar-refractivity contribution in [2.75, 3.05) is 12.3 Å². The summed E-state index contributed by atoms with van der Waals surface area (Å²) in [5.41, 5.74) is 11.5. The van der Waals surface area contributed by atoms with E-state index in [1.165, 1.54) is 6.20 Å². The zero-order valence-electron chi connectivity index (χ0n) is 11.0. The minimum absolute atomic E-state index is 0.0211. The summed E-state index contributed by atoms with van der Waals surface area (Å²) in [6, 6.07) is 0. The maximum atomic E-state index is 11.8. The quantitative estimate of drug-likeness (QED) is 0.294. The first-order valence-corrected chi connectivity index (χ1v) is 5.92. The zero-order valence-corrected chi connectivity index (χ0v) is 11.0. The number of aliphatic hydroxyl groups is 3. The van der Waals surface area contributed by atoms with Gasteiger partial charge < -0.3 is 25.8 Å². The molecule has 21 heavy (non-hydrogen) atoms. The van der Waals surface area contributed by atoms with Crippen LogP contribution in [0.15, 0.2) is 16.1 Å². The van der Waals surface area contributed by atoms with Crippen LogP contribution in [0.5, 0.6) is 0 Å². The normalized spacial score (nSPS) is 31.9. The Hall–Kier alpha value is -2.17. The molecule has 5 N–H and O–H groups in total. The van der Waals surface area contributed by atoms with Crippen LogP contribution in [0.25, 0.3) is 10.4 Å². The number of aromatic nitrogens is 2. The first-order valence-electron chi connectivity index (χ1n) is 5.92. The molecule has 0 amide bonds. The molecule has 2 heterocycles. The van der Waals surface area contributed by atoms with Crippen molar-refractivity contribution in [3.8, 4) is 0 Å². The summed E-state index contributed by atoms with van der Waals surface area (Å²) in [4.78, 5) is 17.8. The van der Waals surface area contributed by atoms with E-state index in [9.17, 15) is 20.1 Å². The Balaban J connectivity index is 2.50. The molecule has 0 spiro atoms. The van der Waals surface area contributed by atoms with Crippen molar-refractivity contribution in [2.24, 2.45) is 5.11 Å². The molecular weight excluding hydrogens is 284 g/mol. The van der Waals surface area contributed by atoms with Gasteiger partial charge in [-0.05, 0) is 12.5 Å². The van der Waals surface area contributed by atoms with Crippen LogP contribution in [0.3, 0.4) is 0 Å². The van der Waals surface area contributed by atoms with Crippen molar-refractivity contribution < 1.29 is 20.1 Å². The van der Waals surface area contributed by atoms with Crippen molar-refractivity contribution in [1.82, 2.24) is 9.55 Å². The molecule has 11 heteroatoms. The van der Waals surface area contributed by atoms with Gasteiger partial charge in [-0.3, -0.25) is 4.57 Å². The number of rotatable bonds is 3. The van der Waals surface area contributed by atoms with Crippen LogP contribution in [-0.2, 0) is 4.74 Å². The van der Waals surface area contributed by atoms with Gasteiger partial charge in [0.25, 0.3) is 0 Å². The molecule has 0 unspecified atom stereocenters. The van der Waals surface area contributed by atoms with Gasteiger partial charge in [0.2, 0.25) is 5.72 Å². The number of azide groups is 1. The Bertz CT molecular complexity index is 656. The maximum absolute atomic E-state index is 11.8. The van der Waals surface area contributed by atoms with E-state index in [0.29, 0.717) is 5.56 Å². The van der Waals surface area contributed by atoms with E-state index in [-0.39, 0.29) is 5.82 Å². The van der Waals surface area contributed by atoms with Gasteiger partial charge in [-0.2, -0.15) is 4.98 Å². The molecule has 0 aromatic carbocycles. The average Bonchev–Trinajstić information content (AvgIpc) is 2.69. The average molecular weight is 298 g/mol. The number of aryl methyl sites for hydroxylation is 1. The predicted molar refractivity (Wildman–Crippen MR) is 68.7 cm³/mol. The molecule has 1 fully saturated rings. The number of aliphatic hydroxyl groups excluding tert-OH is 3. The molecule has 11 nitrogen and oxygen atoms in total. The predicted octanol–water partition coefficient (Wildman–Crippen LogP) is -1.62. The van der Waals surface area contributed by atoms with Crippen molar-refractivity contribution in [3.63, 3.8) is 0 Å². The monoisotopic (exact) mass is 298 g/mol. The minimum atomic E-state index is -2.08. The molecule has 4 atom stereocenters. The van der Waals surface area contributed by atoms with Gasteiger partial charge in [-0.15, -0.1) is 0 Å². The zero-order chi connectivity index (χ0) is 15.8. The Morgan fingerprint density at radius 3 is 2.90 bits per heavy atom. The fourth-order valence-corrected chi connectivity index (χ4v) is 2.07. The summed E-state index contributed by atoms with van der Waals surface area (Å²) in [6.07, 6.45) is -3.41. The summed E-state index contributed by atoms with van der Waals surface area (Å²) in [6.45, 7) is 0.713. The van der Waals surface area contributed by atoms with Crippen LogP contribution in [-0.4, -0.2) is 49.4 Å². The van der Waals surface area contributed by atoms with Crippen LogP contribution in [0, 0.1) is 6.92 Å². The van der Waals surface area contributed by atoms with Gasteiger partial charge in [0, 0.05) is 16.7 Å². The highest BCUT2D eigenvalue weighted by Gasteiger charge is 2.54. The highest BCUT2D eigenvalue weighted by molar-refractivity contribution is 5.35. The number of nitrogens with zero attached hydrogens (tertiary/aromatic N) is 5. The van der Waals surface area contributed by atoms with Gasteiger partial charge >= 0.3 is 5.69 Å². The molecule has 2 rings (SSSR count). The van der Waals surface area contributed by atoms with Crippen LogP contribution < -0.4 is 11.4 Å². The molecule has 1 aromatic heterocycles. The third-order valence-electron chi connectivity index (χ3n) is 3.29. The molecule has 0 radical (unpaired) electrons. The van der Waals surface area contributed by atoms with E-state index in [1.807, 2.05) is 0 Å². The SMILES string of the molecule is Cc1cn([C@@H]2O[C@@](CO)(N=[N+]=[N-])[C@@H](O)[C@H]2O)c(=O)nc1N. The molecule has 0 bridgehead atoms.